The van der Waals surface area contributed by atoms with Crippen LogP contribution in [0.25, 0.3) is 6.08 Å². The molecule has 0 aliphatic heterocycles. The summed E-state index contributed by atoms with van der Waals surface area (Å²) in [6, 6.07) is 5.85. The predicted octanol–water partition coefficient (Wildman–Crippen LogP) is 5.31. The molecule has 0 radical (unpaired) electrons. The van der Waals surface area contributed by atoms with Crippen LogP contribution in [0.3, 0.4) is 0 Å². The number of carbonyl (C=O) groups is 1. The van der Waals surface area contributed by atoms with Crippen LogP contribution < -0.4 is 0 Å². The van der Waals surface area contributed by atoms with Gasteiger partial charge in [0.15, 0.2) is 0 Å². The minimum atomic E-state index is -0.266. The van der Waals surface area contributed by atoms with E-state index >= 15 is 0 Å². The Bertz CT molecular complexity index is 636. The maximum Gasteiger partial charge on any atom is 0.339 e. The molecule has 0 saturated heterocycles. The van der Waals surface area contributed by atoms with Crippen molar-refractivity contribution in [2.24, 2.45) is 23.7 Å². The number of hydrogen-bond acceptors (Lipinski definition) is 2. The van der Waals surface area contributed by atoms with E-state index in [0.717, 1.165) is 21.0 Å². The Labute approximate surface area is 151 Å². The van der Waals surface area contributed by atoms with Crippen molar-refractivity contribution in [3.8, 4) is 0 Å². The van der Waals surface area contributed by atoms with Gasteiger partial charge >= 0.3 is 5.97 Å². The van der Waals surface area contributed by atoms with Gasteiger partial charge in [-0.1, -0.05) is 18.7 Å². The molecule has 0 atom stereocenters. The van der Waals surface area contributed by atoms with Gasteiger partial charge in [0, 0.05) is 3.57 Å². The summed E-state index contributed by atoms with van der Waals surface area (Å²) in [6.07, 6.45) is 8.19. The highest BCUT2D eigenvalue weighted by Gasteiger charge is 2.57. The molecule has 5 rings (SSSR count). The molecule has 0 spiro atoms. The average Bonchev–Trinajstić information content (AvgIpc) is 2.52. The maximum atomic E-state index is 12.9. The van der Waals surface area contributed by atoms with E-state index in [9.17, 15) is 4.79 Å². The van der Waals surface area contributed by atoms with Crippen LogP contribution >= 0.6 is 22.6 Å². The SMILES string of the molecule is C=Cc1ccc(I)c(C(=O)OC2(C)C3CC4CC(C3)CC2C4)c1. The molecule has 0 N–H and O–H groups in total. The lowest BCUT2D eigenvalue weighted by Gasteiger charge is -2.59. The van der Waals surface area contributed by atoms with Crippen molar-refractivity contribution in [1.82, 2.24) is 0 Å². The van der Waals surface area contributed by atoms with Crippen molar-refractivity contribution in [2.45, 2.75) is 44.6 Å². The summed E-state index contributed by atoms with van der Waals surface area (Å²) in [5.74, 6) is 2.72. The third-order valence-electron chi connectivity index (χ3n) is 6.52. The van der Waals surface area contributed by atoms with Gasteiger partial charge in [0.25, 0.3) is 0 Å². The fourth-order valence-corrected chi connectivity index (χ4v) is 5.92. The first-order chi connectivity index (χ1) is 11.0. The van der Waals surface area contributed by atoms with Crippen molar-refractivity contribution >= 4 is 34.6 Å². The molecule has 2 nitrogen and oxygen atoms in total. The lowest BCUT2D eigenvalue weighted by atomic mass is 9.50. The van der Waals surface area contributed by atoms with Crippen LogP contribution in [0.2, 0.25) is 0 Å². The van der Waals surface area contributed by atoms with Crippen LogP contribution in [0.5, 0.6) is 0 Å². The third-order valence-corrected chi connectivity index (χ3v) is 7.46. The monoisotopic (exact) mass is 422 g/mol. The standard InChI is InChI=1S/C20H23IO2/c1-3-12-4-5-18(21)17(11-12)19(22)23-20(2)15-7-13-6-14(9-15)10-16(20)8-13/h3-5,11,13-16H,1,6-10H2,2H3. The second kappa shape index (κ2) is 5.61. The van der Waals surface area contributed by atoms with Gasteiger partial charge in [-0.25, -0.2) is 4.79 Å². The molecule has 4 saturated carbocycles. The summed E-state index contributed by atoms with van der Waals surface area (Å²) in [4.78, 5) is 12.9. The number of carbonyl (C=O) groups excluding carboxylic acids is 1. The second-order valence-corrected chi connectivity index (χ2v) is 8.98. The quantitative estimate of drug-likeness (QED) is 0.488. The Hall–Kier alpha value is -0.840. The van der Waals surface area contributed by atoms with Crippen LogP contribution in [0.4, 0.5) is 0 Å². The number of ether oxygens (including phenoxy) is 1. The van der Waals surface area contributed by atoms with Gasteiger partial charge in [-0.3, -0.25) is 0 Å². The zero-order valence-corrected chi connectivity index (χ0v) is 15.7. The number of rotatable bonds is 3. The predicted molar refractivity (Wildman–Crippen MR) is 100 cm³/mol. The van der Waals surface area contributed by atoms with Gasteiger partial charge in [0.1, 0.15) is 5.60 Å². The Balaban J connectivity index is 1.60. The van der Waals surface area contributed by atoms with Gasteiger partial charge in [-0.2, -0.15) is 0 Å². The lowest BCUT2D eigenvalue weighted by Crippen LogP contribution is -2.58. The molecular formula is C20H23IO2. The van der Waals surface area contributed by atoms with E-state index in [0.29, 0.717) is 17.4 Å². The van der Waals surface area contributed by atoms with E-state index in [-0.39, 0.29) is 11.6 Å². The lowest BCUT2D eigenvalue weighted by molar-refractivity contribution is -0.165. The van der Waals surface area contributed by atoms with E-state index in [1.54, 1.807) is 6.08 Å². The maximum absolute atomic E-state index is 12.9. The van der Waals surface area contributed by atoms with Crippen LogP contribution in [-0.4, -0.2) is 11.6 Å². The minimum absolute atomic E-state index is 0.159. The van der Waals surface area contributed by atoms with E-state index in [1.807, 2.05) is 18.2 Å². The molecule has 0 unspecified atom stereocenters. The van der Waals surface area contributed by atoms with Gasteiger partial charge < -0.3 is 4.74 Å². The van der Waals surface area contributed by atoms with E-state index < -0.39 is 0 Å². The highest BCUT2D eigenvalue weighted by Crippen LogP contribution is 2.59. The number of hydrogen-bond donors (Lipinski definition) is 0. The fraction of sp³-hybridized carbons (Fsp3) is 0.550. The number of esters is 1. The minimum Gasteiger partial charge on any atom is -0.455 e. The molecule has 4 aliphatic carbocycles. The van der Waals surface area contributed by atoms with E-state index in [2.05, 4.69) is 36.1 Å². The van der Waals surface area contributed by atoms with E-state index in [4.69, 9.17) is 4.74 Å². The molecule has 0 aromatic heterocycles. The summed E-state index contributed by atoms with van der Waals surface area (Å²) in [6.45, 7) is 5.99. The number of benzene rings is 1. The summed E-state index contributed by atoms with van der Waals surface area (Å²) < 4.78 is 7.15. The third kappa shape index (κ3) is 2.55. The first-order valence-electron chi connectivity index (χ1n) is 8.65. The van der Waals surface area contributed by atoms with Gasteiger partial charge in [-0.15, -0.1) is 0 Å². The molecule has 1 aromatic carbocycles. The zero-order valence-electron chi connectivity index (χ0n) is 13.6. The van der Waals surface area contributed by atoms with Crippen LogP contribution in [0.1, 0.15) is 54.9 Å². The average molecular weight is 422 g/mol. The van der Waals surface area contributed by atoms with Crippen molar-refractivity contribution in [2.75, 3.05) is 0 Å². The Kier molecular flexibility index (Phi) is 3.82. The second-order valence-electron chi connectivity index (χ2n) is 7.82. The molecule has 4 aliphatic rings. The largest absolute Gasteiger partial charge is 0.455 e. The number of halogens is 1. The summed E-state index contributed by atoms with van der Waals surface area (Å²) in [5, 5.41) is 0. The first-order valence-corrected chi connectivity index (χ1v) is 9.72. The smallest absolute Gasteiger partial charge is 0.339 e. The van der Waals surface area contributed by atoms with Crippen LogP contribution in [-0.2, 0) is 4.74 Å². The van der Waals surface area contributed by atoms with Gasteiger partial charge in [-0.05, 0) is 103 Å². The summed E-state index contributed by atoms with van der Waals surface area (Å²) in [7, 11) is 0. The molecule has 4 bridgehead atoms. The molecule has 1 aromatic rings. The van der Waals surface area contributed by atoms with E-state index in [1.165, 1.54) is 32.1 Å². The van der Waals surface area contributed by atoms with Gasteiger partial charge in [0.05, 0.1) is 5.56 Å². The highest BCUT2D eigenvalue weighted by molar-refractivity contribution is 14.1. The van der Waals surface area contributed by atoms with Gasteiger partial charge in [0.2, 0.25) is 0 Å². The summed E-state index contributed by atoms with van der Waals surface area (Å²) >= 11 is 2.22. The van der Waals surface area contributed by atoms with Crippen molar-refractivity contribution in [3.05, 3.63) is 39.5 Å². The highest BCUT2D eigenvalue weighted by atomic mass is 127. The first kappa shape index (κ1) is 15.7. The molecule has 4 fully saturated rings. The molecule has 3 heteroatoms. The molecular weight excluding hydrogens is 399 g/mol. The fourth-order valence-electron chi connectivity index (χ4n) is 5.37. The Morgan fingerprint density at radius 1 is 1.22 bits per heavy atom. The van der Waals surface area contributed by atoms with Crippen LogP contribution in [0.15, 0.2) is 24.8 Å². The Morgan fingerprint density at radius 2 is 1.83 bits per heavy atom. The normalized spacial score (nSPS) is 37.7. The van der Waals surface area contributed by atoms with Crippen molar-refractivity contribution in [1.29, 1.82) is 0 Å². The van der Waals surface area contributed by atoms with Crippen molar-refractivity contribution in [3.63, 3.8) is 0 Å². The topological polar surface area (TPSA) is 26.3 Å². The molecule has 0 heterocycles. The molecule has 122 valence electrons. The summed E-state index contributed by atoms with van der Waals surface area (Å²) in [5.41, 5.74) is 1.38. The molecule has 0 amide bonds. The van der Waals surface area contributed by atoms with Crippen molar-refractivity contribution < 1.29 is 9.53 Å². The Morgan fingerprint density at radius 3 is 2.39 bits per heavy atom. The zero-order chi connectivity index (χ0) is 16.2. The van der Waals surface area contributed by atoms with Crippen LogP contribution in [0, 0.1) is 27.2 Å². The molecule has 23 heavy (non-hydrogen) atoms.